The van der Waals surface area contributed by atoms with Gasteiger partial charge in [-0.2, -0.15) is 5.26 Å². The molecule has 0 unspecified atom stereocenters. The molecule has 2 rings (SSSR count). The molecule has 0 amide bonds. The van der Waals surface area contributed by atoms with Crippen LogP contribution in [0.5, 0.6) is 5.75 Å². The third-order valence-corrected chi connectivity index (χ3v) is 2.36. The van der Waals surface area contributed by atoms with Gasteiger partial charge in [0, 0.05) is 0 Å². The summed E-state index contributed by atoms with van der Waals surface area (Å²) in [5.41, 5.74) is 2.55. The third-order valence-electron chi connectivity index (χ3n) is 2.36. The minimum atomic E-state index is 0.394. The number of carbonyl (C=O) groups is 1. The summed E-state index contributed by atoms with van der Waals surface area (Å²) in [6.07, 6.45) is 0. The molecule has 0 heterocycles. The van der Waals surface area contributed by atoms with E-state index >= 15 is 0 Å². The number of rotatable bonds is 3. The van der Waals surface area contributed by atoms with Crippen molar-refractivity contribution in [2.75, 3.05) is 0 Å². The van der Waals surface area contributed by atoms with E-state index in [4.69, 9.17) is 10.00 Å². The van der Waals surface area contributed by atoms with E-state index in [9.17, 15) is 4.79 Å². The van der Waals surface area contributed by atoms with Crippen molar-refractivity contribution in [2.24, 2.45) is 0 Å². The fourth-order valence-electron chi connectivity index (χ4n) is 1.55. The van der Waals surface area contributed by atoms with Gasteiger partial charge in [0.15, 0.2) is 0 Å². The van der Waals surface area contributed by atoms with E-state index in [1.165, 1.54) is 0 Å². The lowest BCUT2D eigenvalue weighted by Gasteiger charge is -2.03. The second-order valence-corrected chi connectivity index (χ2v) is 3.43. The van der Waals surface area contributed by atoms with Crippen LogP contribution in [0.2, 0.25) is 0 Å². The van der Waals surface area contributed by atoms with Gasteiger partial charge in [0.2, 0.25) is 0 Å². The smallest absolute Gasteiger partial charge is 0.298 e. The number of hydrogen-bond donors (Lipinski definition) is 0. The molecule has 2 aromatic rings. The molecule has 0 fully saturated rings. The Balaban J connectivity index is 2.33. The highest BCUT2D eigenvalue weighted by molar-refractivity contribution is 5.66. The van der Waals surface area contributed by atoms with Crippen LogP contribution in [0.4, 0.5) is 0 Å². The Morgan fingerprint density at radius 3 is 2.47 bits per heavy atom. The van der Waals surface area contributed by atoms with E-state index < -0.39 is 0 Å². The van der Waals surface area contributed by atoms with E-state index in [2.05, 4.69) is 6.07 Å². The predicted molar refractivity (Wildman–Crippen MR) is 63.3 cm³/mol. The van der Waals surface area contributed by atoms with Gasteiger partial charge in [-0.25, -0.2) is 0 Å². The average molecular weight is 223 g/mol. The van der Waals surface area contributed by atoms with Crippen LogP contribution in [0, 0.1) is 11.3 Å². The third kappa shape index (κ3) is 2.50. The fraction of sp³-hybridized carbons (Fsp3) is 0. The van der Waals surface area contributed by atoms with E-state index in [1.54, 1.807) is 18.2 Å². The van der Waals surface area contributed by atoms with Gasteiger partial charge in [-0.1, -0.05) is 24.3 Å². The van der Waals surface area contributed by atoms with Crippen LogP contribution in [-0.2, 0) is 4.79 Å². The zero-order valence-electron chi connectivity index (χ0n) is 8.96. The molecular formula is C14H9NO2. The molecular weight excluding hydrogens is 214 g/mol. The second kappa shape index (κ2) is 4.95. The van der Waals surface area contributed by atoms with Crippen molar-refractivity contribution >= 4 is 6.47 Å². The number of hydrogen-bond acceptors (Lipinski definition) is 3. The molecule has 82 valence electrons. The SMILES string of the molecule is N#Cc1cccc(-c2ccc(OC=O)cc2)c1. The van der Waals surface area contributed by atoms with Crippen LogP contribution in [-0.4, -0.2) is 6.47 Å². The van der Waals surface area contributed by atoms with Crippen LogP contribution in [0.15, 0.2) is 48.5 Å². The Kier molecular flexibility index (Phi) is 3.18. The van der Waals surface area contributed by atoms with Gasteiger partial charge >= 0.3 is 0 Å². The molecule has 0 saturated heterocycles. The van der Waals surface area contributed by atoms with Crippen molar-refractivity contribution in [3.8, 4) is 22.9 Å². The highest BCUT2D eigenvalue weighted by Crippen LogP contribution is 2.22. The lowest BCUT2D eigenvalue weighted by Crippen LogP contribution is -1.87. The first-order chi connectivity index (χ1) is 8.33. The van der Waals surface area contributed by atoms with Gasteiger partial charge in [0.1, 0.15) is 5.75 Å². The number of benzene rings is 2. The van der Waals surface area contributed by atoms with Crippen LogP contribution in [0.1, 0.15) is 5.56 Å². The summed E-state index contributed by atoms with van der Waals surface area (Å²) < 4.78 is 4.71. The molecule has 0 N–H and O–H groups in total. The van der Waals surface area contributed by atoms with E-state index in [0.717, 1.165) is 11.1 Å². The van der Waals surface area contributed by atoms with Gasteiger partial charge < -0.3 is 4.74 Å². The number of nitriles is 1. The maximum atomic E-state index is 10.2. The molecule has 0 aliphatic rings. The summed E-state index contributed by atoms with van der Waals surface area (Å²) >= 11 is 0. The monoisotopic (exact) mass is 223 g/mol. The molecule has 17 heavy (non-hydrogen) atoms. The maximum Gasteiger partial charge on any atom is 0.298 e. The van der Waals surface area contributed by atoms with Crippen LogP contribution in [0.25, 0.3) is 11.1 Å². The molecule has 3 heteroatoms. The molecule has 0 bridgehead atoms. The Morgan fingerprint density at radius 2 is 1.82 bits per heavy atom. The van der Waals surface area contributed by atoms with Crippen molar-refractivity contribution in [3.05, 3.63) is 54.1 Å². The minimum Gasteiger partial charge on any atom is -0.429 e. The first kappa shape index (κ1) is 10.9. The normalized spacial score (nSPS) is 9.35. The summed E-state index contributed by atoms with van der Waals surface area (Å²) in [7, 11) is 0. The molecule has 2 aromatic carbocycles. The summed E-state index contributed by atoms with van der Waals surface area (Å²) in [5.74, 6) is 0.500. The summed E-state index contributed by atoms with van der Waals surface area (Å²) in [5, 5.41) is 8.81. The number of nitrogens with zero attached hydrogens (tertiary/aromatic N) is 1. The van der Waals surface area contributed by atoms with Gasteiger partial charge in [0.25, 0.3) is 6.47 Å². The van der Waals surface area contributed by atoms with Crippen molar-refractivity contribution < 1.29 is 9.53 Å². The van der Waals surface area contributed by atoms with Crippen LogP contribution < -0.4 is 4.74 Å². The zero-order valence-corrected chi connectivity index (χ0v) is 8.96. The minimum absolute atomic E-state index is 0.394. The fourth-order valence-corrected chi connectivity index (χ4v) is 1.55. The van der Waals surface area contributed by atoms with Gasteiger partial charge in [-0.15, -0.1) is 0 Å². The van der Waals surface area contributed by atoms with Crippen molar-refractivity contribution in [2.45, 2.75) is 0 Å². The molecule has 0 aliphatic heterocycles. The summed E-state index contributed by atoms with van der Waals surface area (Å²) in [6, 6.07) is 16.5. The van der Waals surface area contributed by atoms with Crippen molar-refractivity contribution in [1.29, 1.82) is 5.26 Å². The van der Waals surface area contributed by atoms with E-state index in [-0.39, 0.29) is 0 Å². The molecule has 3 nitrogen and oxygen atoms in total. The first-order valence-corrected chi connectivity index (χ1v) is 5.04. The Labute approximate surface area is 98.9 Å². The van der Waals surface area contributed by atoms with Crippen molar-refractivity contribution in [1.82, 2.24) is 0 Å². The average Bonchev–Trinajstić information content (AvgIpc) is 2.40. The maximum absolute atomic E-state index is 10.2. The predicted octanol–water partition coefficient (Wildman–Crippen LogP) is 2.76. The molecule has 0 saturated carbocycles. The van der Waals surface area contributed by atoms with Gasteiger partial charge in [-0.3, -0.25) is 4.79 Å². The topological polar surface area (TPSA) is 50.1 Å². The summed E-state index contributed by atoms with van der Waals surface area (Å²) in [6.45, 7) is 0.394. The quantitative estimate of drug-likeness (QED) is 0.752. The molecule has 0 aliphatic carbocycles. The highest BCUT2D eigenvalue weighted by Gasteiger charge is 1.99. The lowest BCUT2D eigenvalue weighted by molar-refractivity contribution is -0.120. The van der Waals surface area contributed by atoms with Gasteiger partial charge in [0.05, 0.1) is 11.6 Å². The zero-order chi connectivity index (χ0) is 12.1. The number of carbonyl (C=O) groups excluding carboxylic acids is 1. The molecule has 0 aromatic heterocycles. The largest absolute Gasteiger partial charge is 0.429 e. The van der Waals surface area contributed by atoms with Gasteiger partial charge in [-0.05, 0) is 35.4 Å². The van der Waals surface area contributed by atoms with E-state index in [0.29, 0.717) is 17.8 Å². The Morgan fingerprint density at radius 1 is 1.06 bits per heavy atom. The molecule has 0 spiro atoms. The first-order valence-electron chi connectivity index (χ1n) is 5.04. The second-order valence-electron chi connectivity index (χ2n) is 3.43. The lowest BCUT2D eigenvalue weighted by atomic mass is 10.0. The Hall–Kier alpha value is -2.60. The standard InChI is InChI=1S/C14H9NO2/c15-9-11-2-1-3-13(8-11)12-4-6-14(7-5-12)17-10-16/h1-8,10H. The van der Waals surface area contributed by atoms with E-state index in [1.807, 2.05) is 30.3 Å². The molecule has 0 atom stereocenters. The van der Waals surface area contributed by atoms with Crippen molar-refractivity contribution in [3.63, 3.8) is 0 Å². The molecule has 0 radical (unpaired) electrons. The van der Waals surface area contributed by atoms with Crippen LogP contribution in [0.3, 0.4) is 0 Å². The Bertz CT molecular complexity index is 568. The number of ether oxygens (including phenoxy) is 1. The summed E-state index contributed by atoms with van der Waals surface area (Å²) in [4.78, 5) is 10.2. The van der Waals surface area contributed by atoms with Crippen LogP contribution >= 0.6 is 0 Å². The highest BCUT2D eigenvalue weighted by atomic mass is 16.5.